The first-order valence-electron chi connectivity index (χ1n) is 7.16. The van der Waals surface area contributed by atoms with Crippen LogP contribution in [0.1, 0.15) is 17.5 Å². The Morgan fingerprint density at radius 3 is 2.83 bits per heavy atom. The number of carbonyl (C=O) groups is 1. The summed E-state index contributed by atoms with van der Waals surface area (Å²) in [6.07, 6.45) is 2.16. The smallest absolute Gasteiger partial charge is 0.352 e. The molecule has 2 aromatic rings. The Kier molecular flexibility index (Phi) is 6.03. The summed E-state index contributed by atoms with van der Waals surface area (Å²) < 4.78 is 40.0. The second kappa shape index (κ2) is 8.01. The Morgan fingerprint density at radius 2 is 2.17 bits per heavy atom. The van der Waals surface area contributed by atoms with Gasteiger partial charge in [-0.25, -0.2) is 0 Å². The molecule has 0 radical (unpaired) electrons. The van der Waals surface area contributed by atoms with Gasteiger partial charge in [-0.15, -0.1) is 0 Å². The molecule has 1 N–H and O–H groups in total. The SMILES string of the molecule is O=C(/C=C/c1ccc(Cl)c(C(F)(F)F)c1)NCCCn1cccn1. The normalized spacial score (nSPS) is 11.8. The minimum Gasteiger partial charge on any atom is -0.352 e. The number of carbonyl (C=O) groups excluding carboxylic acids is 1. The van der Waals surface area contributed by atoms with Crippen molar-refractivity contribution >= 4 is 23.6 Å². The van der Waals surface area contributed by atoms with E-state index >= 15 is 0 Å². The molecular weight excluding hydrogens is 343 g/mol. The van der Waals surface area contributed by atoms with E-state index in [0.29, 0.717) is 19.5 Å². The average molecular weight is 358 g/mol. The fourth-order valence-corrected chi connectivity index (χ4v) is 2.20. The minimum absolute atomic E-state index is 0.249. The molecule has 1 aromatic carbocycles. The van der Waals surface area contributed by atoms with Crippen molar-refractivity contribution in [2.45, 2.75) is 19.1 Å². The first-order valence-corrected chi connectivity index (χ1v) is 7.54. The van der Waals surface area contributed by atoms with Crippen molar-refractivity contribution in [3.63, 3.8) is 0 Å². The standard InChI is InChI=1S/C16H15ClF3N3O/c17-14-5-3-12(11-13(14)16(18,19)20)4-6-15(24)21-7-1-9-23-10-2-8-22-23/h2-6,8,10-11H,1,7,9H2,(H,21,24)/b6-4+. The predicted molar refractivity (Wildman–Crippen MR) is 85.3 cm³/mol. The molecule has 0 aliphatic rings. The van der Waals surface area contributed by atoms with Gasteiger partial charge in [0, 0.05) is 31.6 Å². The molecule has 0 fully saturated rings. The van der Waals surface area contributed by atoms with Crippen LogP contribution in [0.4, 0.5) is 13.2 Å². The number of benzene rings is 1. The highest BCUT2D eigenvalue weighted by molar-refractivity contribution is 6.31. The van der Waals surface area contributed by atoms with Crippen LogP contribution in [0.5, 0.6) is 0 Å². The summed E-state index contributed by atoms with van der Waals surface area (Å²) >= 11 is 5.54. The number of aryl methyl sites for hydroxylation is 1. The molecule has 0 saturated carbocycles. The Labute approximate surface area is 141 Å². The number of nitrogens with one attached hydrogen (secondary N) is 1. The highest BCUT2D eigenvalue weighted by atomic mass is 35.5. The predicted octanol–water partition coefficient (Wildman–Crippen LogP) is 3.78. The molecule has 1 aromatic heterocycles. The summed E-state index contributed by atoms with van der Waals surface area (Å²) in [5.41, 5.74) is -0.677. The zero-order chi connectivity index (χ0) is 17.6. The number of aromatic nitrogens is 2. The maximum absolute atomic E-state index is 12.8. The zero-order valence-electron chi connectivity index (χ0n) is 12.6. The van der Waals surface area contributed by atoms with Crippen molar-refractivity contribution in [3.05, 3.63) is 58.9 Å². The number of nitrogens with zero attached hydrogens (tertiary/aromatic N) is 2. The Hall–Kier alpha value is -2.28. The Bertz CT molecular complexity index is 712. The third-order valence-electron chi connectivity index (χ3n) is 3.15. The molecule has 0 aliphatic heterocycles. The van der Waals surface area contributed by atoms with Crippen molar-refractivity contribution < 1.29 is 18.0 Å². The fraction of sp³-hybridized carbons (Fsp3) is 0.250. The van der Waals surface area contributed by atoms with Crippen LogP contribution in [0.15, 0.2) is 42.7 Å². The van der Waals surface area contributed by atoms with Gasteiger partial charge in [-0.3, -0.25) is 9.48 Å². The van der Waals surface area contributed by atoms with E-state index in [2.05, 4.69) is 10.4 Å². The third-order valence-corrected chi connectivity index (χ3v) is 3.47. The summed E-state index contributed by atoms with van der Waals surface area (Å²) in [5, 5.41) is 6.32. The summed E-state index contributed by atoms with van der Waals surface area (Å²) in [6, 6.07) is 5.29. The molecule has 0 unspecified atom stereocenters. The molecule has 0 aliphatic carbocycles. The van der Waals surface area contributed by atoms with E-state index in [0.717, 1.165) is 12.1 Å². The molecule has 8 heteroatoms. The van der Waals surface area contributed by atoms with Gasteiger partial charge in [-0.1, -0.05) is 17.7 Å². The van der Waals surface area contributed by atoms with Gasteiger partial charge in [0.2, 0.25) is 5.91 Å². The van der Waals surface area contributed by atoms with Gasteiger partial charge in [0.05, 0.1) is 10.6 Å². The molecule has 1 heterocycles. The van der Waals surface area contributed by atoms with Crippen LogP contribution in [0.2, 0.25) is 5.02 Å². The number of halogens is 4. The lowest BCUT2D eigenvalue weighted by Gasteiger charge is -2.09. The van der Waals surface area contributed by atoms with E-state index in [1.165, 1.54) is 18.2 Å². The maximum atomic E-state index is 12.8. The minimum atomic E-state index is -4.53. The molecule has 4 nitrogen and oxygen atoms in total. The largest absolute Gasteiger partial charge is 0.417 e. The van der Waals surface area contributed by atoms with Gasteiger partial charge >= 0.3 is 6.18 Å². The van der Waals surface area contributed by atoms with Gasteiger partial charge in [0.15, 0.2) is 0 Å². The van der Waals surface area contributed by atoms with E-state index in [-0.39, 0.29) is 16.5 Å². The van der Waals surface area contributed by atoms with E-state index in [9.17, 15) is 18.0 Å². The molecular formula is C16H15ClF3N3O. The van der Waals surface area contributed by atoms with Crippen LogP contribution in [-0.2, 0) is 17.5 Å². The van der Waals surface area contributed by atoms with E-state index in [4.69, 9.17) is 11.6 Å². The molecule has 0 spiro atoms. The van der Waals surface area contributed by atoms with Crippen molar-refractivity contribution in [2.24, 2.45) is 0 Å². The molecule has 24 heavy (non-hydrogen) atoms. The van der Waals surface area contributed by atoms with Crippen molar-refractivity contribution in [1.82, 2.24) is 15.1 Å². The lowest BCUT2D eigenvalue weighted by atomic mass is 10.1. The van der Waals surface area contributed by atoms with Gasteiger partial charge in [-0.2, -0.15) is 18.3 Å². The third kappa shape index (κ3) is 5.42. The molecule has 0 saturated heterocycles. The maximum Gasteiger partial charge on any atom is 0.417 e. The van der Waals surface area contributed by atoms with E-state index in [1.807, 2.05) is 12.3 Å². The highest BCUT2D eigenvalue weighted by Gasteiger charge is 2.33. The number of amides is 1. The summed E-state index contributed by atoms with van der Waals surface area (Å²) in [7, 11) is 0. The van der Waals surface area contributed by atoms with Gasteiger partial charge in [-0.05, 0) is 36.3 Å². The van der Waals surface area contributed by atoms with E-state index < -0.39 is 11.7 Å². The van der Waals surface area contributed by atoms with Gasteiger partial charge in [0.25, 0.3) is 0 Å². The van der Waals surface area contributed by atoms with Crippen LogP contribution in [0.3, 0.4) is 0 Å². The van der Waals surface area contributed by atoms with Crippen molar-refractivity contribution in [2.75, 3.05) is 6.54 Å². The second-order valence-electron chi connectivity index (χ2n) is 4.98. The van der Waals surface area contributed by atoms with Crippen LogP contribution in [0, 0.1) is 0 Å². The van der Waals surface area contributed by atoms with Crippen LogP contribution >= 0.6 is 11.6 Å². The van der Waals surface area contributed by atoms with Crippen molar-refractivity contribution in [3.8, 4) is 0 Å². The second-order valence-corrected chi connectivity index (χ2v) is 5.39. The number of hydrogen-bond acceptors (Lipinski definition) is 2. The Morgan fingerprint density at radius 1 is 1.38 bits per heavy atom. The first kappa shape index (κ1) is 18.1. The summed E-state index contributed by atoms with van der Waals surface area (Å²) in [4.78, 5) is 11.7. The molecule has 1 amide bonds. The fourth-order valence-electron chi connectivity index (χ4n) is 1.98. The summed E-state index contributed by atoms with van der Waals surface area (Å²) in [6.45, 7) is 1.11. The monoisotopic (exact) mass is 357 g/mol. The molecule has 128 valence electrons. The zero-order valence-corrected chi connectivity index (χ0v) is 13.3. The van der Waals surface area contributed by atoms with E-state index in [1.54, 1.807) is 10.9 Å². The first-order chi connectivity index (χ1) is 11.4. The topological polar surface area (TPSA) is 46.9 Å². The number of hydrogen-bond donors (Lipinski definition) is 1. The summed E-state index contributed by atoms with van der Waals surface area (Å²) in [5.74, 6) is -0.376. The average Bonchev–Trinajstić information content (AvgIpc) is 3.03. The quantitative estimate of drug-likeness (QED) is 0.632. The number of rotatable bonds is 6. The van der Waals surface area contributed by atoms with Gasteiger partial charge in [0.1, 0.15) is 0 Å². The molecule has 2 rings (SSSR count). The lowest BCUT2D eigenvalue weighted by molar-refractivity contribution is -0.137. The molecule has 0 bridgehead atoms. The van der Waals surface area contributed by atoms with Gasteiger partial charge < -0.3 is 5.32 Å². The van der Waals surface area contributed by atoms with Crippen LogP contribution < -0.4 is 5.32 Å². The Balaban J connectivity index is 1.85. The van der Waals surface area contributed by atoms with Crippen molar-refractivity contribution in [1.29, 1.82) is 0 Å². The lowest BCUT2D eigenvalue weighted by Crippen LogP contribution is -2.23. The highest BCUT2D eigenvalue weighted by Crippen LogP contribution is 2.35. The van der Waals surface area contributed by atoms with Crippen LogP contribution in [0.25, 0.3) is 6.08 Å². The number of alkyl halides is 3. The molecule has 0 atom stereocenters. The van der Waals surface area contributed by atoms with Crippen LogP contribution in [-0.4, -0.2) is 22.2 Å².